The molecule has 2 aromatic rings. The number of hydrogen-bond donors (Lipinski definition) is 1. The zero-order valence-electron chi connectivity index (χ0n) is 11.0. The second-order valence-corrected chi connectivity index (χ2v) is 7.29. The Kier molecular flexibility index (Phi) is 3.20. The molecule has 4 heteroatoms. The standard InChI is InChI=1S/C16H14Cl3N/c1-10-8-12(4-7-14(10)20)15(9-16(15,18)19)11-2-5-13(17)6-3-11/h2-8H,9,20H2,1H3. The molecule has 2 aromatic carbocycles. The fourth-order valence-corrected chi connectivity index (χ4v) is 3.72. The van der Waals surface area contributed by atoms with Gasteiger partial charge in [-0.05, 0) is 48.2 Å². The van der Waals surface area contributed by atoms with Gasteiger partial charge in [0.1, 0.15) is 4.33 Å². The molecule has 0 bridgehead atoms. The van der Waals surface area contributed by atoms with Gasteiger partial charge in [-0.3, -0.25) is 0 Å². The maximum absolute atomic E-state index is 6.47. The van der Waals surface area contributed by atoms with Crippen LogP contribution in [0.2, 0.25) is 5.02 Å². The number of anilines is 1. The molecule has 0 heterocycles. The molecular formula is C16H14Cl3N. The molecule has 2 N–H and O–H groups in total. The first-order valence-corrected chi connectivity index (χ1v) is 7.51. The molecule has 1 nitrogen and oxygen atoms in total. The van der Waals surface area contributed by atoms with Crippen molar-refractivity contribution < 1.29 is 0 Å². The van der Waals surface area contributed by atoms with E-state index in [1.54, 1.807) is 0 Å². The van der Waals surface area contributed by atoms with E-state index >= 15 is 0 Å². The highest BCUT2D eigenvalue weighted by atomic mass is 35.5. The Bertz CT molecular complexity index is 664. The molecule has 0 saturated heterocycles. The lowest BCUT2D eigenvalue weighted by Gasteiger charge is -2.20. The summed E-state index contributed by atoms with van der Waals surface area (Å²) >= 11 is 18.9. The molecule has 1 saturated carbocycles. The number of hydrogen-bond acceptors (Lipinski definition) is 1. The maximum atomic E-state index is 6.47. The summed E-state index contributed by atoms with van der Waals surface area (Å²) in [7, 11) is 0. The van der Waals surface area contributed by atoms with Crippen LogP contribution in [0, 0.1) is 6.92 Å². The Morgan fingerprint density at radius 3 is 2.05 bits per heavy atom. The van der Waals surface area contributed by atoms with Crippen molar-refractivity contribution in [3.63, 3.8) is 0 Å². The maximum Gasteiger partial charge on any atom is 0.133 e. The van der Waals surface area contributed by atoms with E-state index in [1.807, 2.05) is 43.3 Å². The highest BCUT2D eigenvalue weighted by molar-refractivity contribution is 6.52. The van der Waals surface area contributed by atoms with Crippen molar-refractivity contribution in [3.8, 4) is 0 Å². The molecule has 20 heavy (non-hydrogen) atoms. The van der Waals surface area contributed by atoms with Crippen molar-refractivity contribution in [2.24, 2.45) is 0 Å². The van der Waals surface area contributed by atoms with Gasteiger partial charge in [0.15, 0.2) is 0 Å². The molecule has 0 radical (unpaired) electrons. The van der Waals surface area contributed by atoms with Gasteiger partial charge in [0.05, 0.1) is 5.41 Å². The average molecular weight is 327 g/mol. The molecule has 0 spiro atoms. The summed E-state index contributed by atoms with van der Waals surface area (Å²) in [4.78, 5) is 0. The molecular weight excluding hydrogens is 313 g/mol. The van der Waals surface area contributed by atoms with Crippen LogP contribution in [0.4, 0.5) is 5.69 Å². The fraction of sp³-hybridized carbons (Fsp3) is 0.250. The molecule has 1 aliphatic rings. The van der Waals surface area contributed by atoms with Crippen LogP contribution in [0.3, 0.4) is 0 Å². The van der Waals surface area contributed by atoms with Crippen molar-refractivity contribution in [1.82, 2.24) is 0 Å². The number of nitrogens with two attached hydrogens (primary N) is 1. The highest BCUT2D eigenvalue weighted by Crippen LogP contribution is 2.68. The van der Waals surface area contributed by atoms with Crippen molar-refractivity contribution in [3.05, 3.63) is 64.2 Å². The van der Waals surface area contributed by atoms with Crippen LogP contribution in [0.1, 0.15) is 23.1 Å². The Hall–Kier alpha value is -0.890. The summed E-state index contributed by atoms with van der Waals surface area (Å²) in [6.45, 7) is 1.99. The smallest absolute Gasteiger partial charge is 0.133 e. The molecule has 1 aliphatic carbocycles. The monoisotopic (exact) mass is 325 g/mol. The zero-order valence-corrected chi connectivity index (χ0v) is 13.2. The van der Waals surface area contributed by atoms with Gasteiger partial charge in [-0.25, -0.2) is 0 Å². The van der Waals surface area contributed by atoms with E-state index in [0.717, 1.165) is 22.4 Å². The van der Waals surface area contributed by atoms with Crippen LogP contribution >= 0.6 is 34.8 Å². The summed E-state index contributed by atoms with van der Waals surface area (Å²) in [5, 5.41) is 0.702. The lowest BCUT2D eigenvalue weighted by Crippen LogP contribution is -2.17. The summed E-state index contributed by atoms with van der Waals surface area (Å²) in [5.41, 5.74) is 9.50. The topological polar surface area (TPSA) is 26.0 Å². The molecule has 1 atom stereocenters. The summed E-state index contributed by atoms with van der Waals surface area (Å²) < 4.78 is -0.788. The molecule has 0 amide bonds. The first-order chi connectivity index (χ1) is 9.37. The fourth-order valence-electron chi connectivity index (χ4n) is 2.76. The Morgan fingerprint density at radius 1 is 1.00 bits per heavy atom. The normalized spacial score (nSPS) is 23.6. The van der Waals surface area contributed by atoms with E-state index in [-0.39, 0.29) is 5.41 Å². The molecule has 3 rings (SSSR count). The number of rotatable bonds is 2. The van der Waals surface area contributed by atoms with Gasteiger partial charge in [-0.2, -0.15) is 0 Å². The Balaban J connectivity index is 2.14. The van der Waals surface area contributed by atoms with Gasteiger partial charge in [-0.1, -0.05) is 35.9 Å². The minimum atomic E-state index is -0.788. The second kappa shape index (κ2) is 4.56. The van der Waals surface area contributed by atoms with Gasteiger partial charge in [0, 0.05) is 10.7 Å². The van der Waals surface area contributed by atoms with Gasteiger partial charge in [0.25, 0.3) is 0 Å². The van der Waals surface area contributed by atoms with Gasteiger partial charge in [-0.15, -0.1) is 23.2 Å². The largest absolute Gasteiger partial charge is 0.399 e. The van der Waals surface area contributed by atoms with Crippen LogP contribution in [-0.4, -0.2) is 4.33 Å². The van der Waals surface area contributed by atoms with Crippen LogP contribution in [-0.2, 0) is 5.41 Å². The Morgan fingerprint density at radius 2 is 1.55 bits per heavy atom. The van der Waals surface area contributed by atoms with E-state index < -0.39 is 4.33 Å². The van der Waals surface area contributed by atoms with E-state index in [2.05, 4.69) is 6.07 Å². The lowest BCUT2D eigenvalue weighted by atomic mass is 9.87. The van der Waals surface area contributed by atoms with Crippen molar-refractivity contribution >= 4 is 40.5 Å². The van der Waals surface area contributed by atoms with Crippen LogP contribution in [0.15, 0.2) is 42.5 Å². The quantitative estimate of drug-likeness (QED) is 0.603. The van der Waals surface area contributed by atoms with Crippen molar-refractivity contribution in [2.75, 3.05) is 5.73 Å². The predicted octanol–water partition coefficient (Wildman–Crippen LogP) is 5.09. The number of halogens is 3. The average Bonchev–Trinajstić information content (AvgIpc) is 2.98. The molecule has 1 fully saturated rings. The minimum Gasteiger partial charge on any atom is -0.399 e. The third-order valence-electron chi connectivity index (χ3n) is 4.09. The first kappa shape index (κ1) is 14.1. The Labute approximate surface area is 133 Å². The SMILES string of the molecule is Cc1cc(C2(c3ccc(Cl)cc3)CC2(Cl)Cl)ccc1N. The molecule has 0 aliphatic heterocycles. The molecule has 0 aromatic heterocycles. The third kappa shape index (κ3) is 2.00. The summed E-state index contributed by atoms with van der Waals surface area (Å²) in [6, 6.07) is 13.7. The lowest BCUT2D eigenvalue weighted by molar-refractivity contribution is 0.831. The van der Waals surface area contributed by atoms with Crippen molar-refractivity contribution in [2.45, 2.75) is 23.1 Å². The summed E-state index contributed by atoms with van der Waals surface area (Å²) in [5.74, 6) is 0. The van der Waals surface area contributed by atoms with Crippen LogP contribution < -0.4 is 5.73 Å². The summed E-state index contributed by atoms with van der Waals surface area (Å²) in [6.07, 6.45) is 0.689. The van der Waals surface area contributed by atoms with Gasteiger partial charge >= 0.3 is 0 Å². The van der Waals surface area contributed by atoms with E-state index in [4.69, 9.17) is 40.5 Å². The van der Waals surface area contributed by atoms with E-state index in [9.17, 15) is 0 Å². The van der Waals surface area contributed by atoms with Gasteiger partial charge < -0.3 is 5.73 Å². The molecule has 104 valence electrons. The van der Waals surface area contributed by atoms with E-state index in [0.29, 0.717) is 11.4 Å². The molecule has 1 unspecified atom stereocenters. The first-order valence-electron chi connectivity index (χ1n) is 6.37. The van der Waals surface area contributed by atoms with Crippen LogP contribution in [0.5, 0.6) is 0 Å². The number of nitrogen functional groups attached to an aromatic ring is 1. The third-order valence-corrected chi connectivity index (χ3v) is 5.25. The highest BCUT2D eigenvalue weighted by Gasteiger charge is 2.68. The second-order valence-electron chi connectivity index (χ2n) is 5.36. The predicted molar refractivity (Wildman–Crippen MR) is 86.9 cm³/mol. The van der Waals surface area contributed by atoms with Crippen molar-refractivity contribution in [1.29, 1.82) is 0 Å². The zero-order chi connectivity index (χ0) is 14.5. The minimum absolute atomic E-state index is 0.376. The van der Waals surface area contributed by atoms with Gasteiger partial charge in [0.2, 0.25) is 0 Å². The number of benzene rings is 2. The van der Waals surface area contributed by atoms with Crippen LogP contribution in [0.25, 0.3) is 0 Å². The van der Waals surface area contributed by atoms with E-state index in [1.165, 1.54) is 0 Å². The number of aryl methyl sites for hydroxylation is 1. The number of alkyl halides is 2.